The van der Waals surface area contributed by atoms with Crippen LogP contribution in [0.25, 0.3) is 0 Å². The summed E-state index contributed by atoms with van der Waals surface area (Å²) >= 11 is 0. The summed E-state index contributed by atoms with van der Waals surface area (Å²) in [6.45, 7) is 3.72. The Balaban J connectivity index is 0. The van der Waals surface area contributed by atoms with Gasteiger partial charge in [0.25, 0.3) is 0 Å². The summed E-state index contributed by atoms with van der Waals surface area (Å²) in [6, 6.07) is 9.87. The summed E-state index contributed by atoms with van der Waals surface area (Å²) in [5.74, 6) is 0. The van der Waals surface area contributed by atoms with Gasteiger partial charge in [0.1, 0.15) is 0 Å². The van der Waals surface area contributed by atoms with E-state index in [0.29, 0.717) is 0 Å². The zero-order chi connectivity index (χ0) is 5.11. The van der Waals surface area contributed by atoms with Gasteiger partial charge in [0.05, 0.1) is 0 Å². The van der Waals surface area contributed by atoms with E-state index in [1.165, 1.54) is 0 Å². The molecule has 1 heteroatoms. The van der Waals surface area contributed by atoms with Crippen molar-refractivity contribution in [3.63, 3.8) is 0 Å². The van der Waals surface area contributed by atoms with Gasteiger partial charge in [0.15, 0.2) is 0 Å². The third kappa shape index (κ3) is 4.29. The van der Waals surface area contributed by atoms with E-state index in [1.54, 1.807) is 0 Å². The molecule has 0 saturated carbocycles. The Kier molecular flexibility index (Phi) is 7.59. The van der Waals surface area contributed by atoms with Crippen LogP contribution in [0.15, 0.2) is 30.3 Å². The first-order valence-electron chi connectivity index (χ1n) is 2.26. The van der Waals surface area contributed by atoms with Crippen molar-refractivity contribution < 1.29 is 21.1 Å². The first-order valence-corrected chi connectivity index (χ1v) is 2.26. The van der Waals surface area contributed by atoms with E-state index < -0.39 is 0 Å². The van der Waals surface area contributed by atoms with Crippen LogP contribution in [0.5, 0.6) is 0 Å². The summed E-state index contributed by atoms with van der Waals surface area (Å²) < 4.78 is 0. The van der Waals surface area contributed by atoms with Crippen molar-refractivity contribution in [3.05, 3.63) is 42.8 Å². The van der Waals surface area contributed by atoms with Crippen molar-refractivity contribution in [3.8, 4) is 0 Å². The van der Waals surface area contributed by atoms with Gasteiger partial charge in [-0.05, 0) is 0 Å². The van der Waals surface area contributed by atoms with Crippen molar-refractivity contribution in [1.29, 1.82) is 0 Å². The van der Waals surface area contributed by atoms with Crippen molar-refractivity contribution in [2.75, 3.05) is 0 Å². The molecule has 0 fully saturated rings. The molecule has 1 aromatic carbocycles. The van der Waals surface area contributed by atoms with Crippen molar-refractivity contribution in [2.24, 2.45) is 0 Å². The Bertz CT molecular complexity index is 134. The van der Waals surface area contributed by atoms with Gasteiger partial charge in [-0.3, -0.25) is 0 Å². The SMILES string of the molecule is C.[CH2-]c1ccccc1.[W]. The van der Waals surface area contributed by atoms with Crippen LogP contribution in [0.4, 0.5) is 0 Å². The molecule has 50 valence electrons. The Morgan fingerprint density at radius 1 is 1.00 bits per heavy atom. The van der Waals surface area contributed by atoms with Crippen LogP contribution in [0.1, 0.15) is 13.0 Å². The maximum atomic E-state index is 3.72. The van der Waals surface area contributed by atoms with Gasteiger partial charge in [-0.15, -0.1) is 12.1 Å². The van der Waals surface area contributed by atoms with Crippen LogP contribution in [-0.4, -0.2) is 0 Å². The Hall–Kier alpha value is -0.222. The molecule has 0 saturated heterocycles. The smallest absolute Gasteiger partial charge is 0 e. The van der Waals surface area contributed by atoms with Gasteiger partial charge in [-0.2, -0.15) is 24.6 Å². The summed E-state index contributed by atoms with van der Waals surface area (Å²) in [6.07, 6.45) is 0. The second kappa shape index (κ2) is 5.91. The zero-order valence-corrected chi connectivity index (χ0v) is 7.44. The molecule has 0 unspecified atom stereocenters. The fourth-order valence-electron chi connectivity index (χ4n) is 0.478. The van der Waals surface area contributed by atoms with Gasteiger partial charge in [0, 0.05) is 21.1 Å². The van der Waals surface area contributed by atoms with Crippen molar-refractivity contribution in [2.45, 2.75) is 7.43 Å². The van der Waals surface area contributed by atoms with Gasteiger partial charge >= 0.3 is 0 Å². The zero-order valence-electron chi connectivity index (χ0n) is 4.50. The molecule has 0 N–H and O–H groups in total. The average molecular weight is 291 g/mol. The van der Waals surface area contributed by atoms with Gasteiger partial charge in [-0.25, -0.2) is 0 Å². The molecule has 0 aliphatic carbocycles. The average Bonchev–Trinajstić information content (AvgIpc) is 1.69. The van der Waals surface area contributed by atoms with E-state index in [-0.39, 0.29) is 28.5 Å². The normalized spacial score (nSPS) is 6.67. The minimum atomic E-state index is 0. The molecule has 1 rings (SSSR count). The molecule has 0 atom stereocenters. The summed E-state index contributed by atoms with van der Waals surface area (Å²) in [7, 11) is 0. The maximum Gasteiger partial charge on any atom is 0 e. The van der Waals surface area contributed by atoms with E-state index in [1.807, 2.05) is 30.3 Å². The third-order valence-corrected chi connectivity index (χ3v) is 0.843. The molecule has 0 radical (unpaired) electrons. The van der Waals surface area contributed by atoms with Crippen molar-refractivity contribution >= 4 is 0 Å². The van der Waals surface area contributed by atoms with E-state index in [9.17, 15) is 0 Å². The minimum absolute atomic E-state index is 0. The molecular formula is C8H11W-. The maximum absolute atomic E-state index is 3.72. The van der Waals surface area contributed by atoms with Crippen molar-refractivity contribution in [1.82, 2.24) is 0 Å². The molecule has 0 nitrogen and oxygen atoms in total. The molecule has 0 heterocycles. The molecular weight excluding hydrogens is 280 g/mol. The van der Waals surface area contributed by atoms with E-state index >= 15 is 0 Å². The molecule has 0 bridgehead atoms. The number of hydrogen-bond donors (Lipinski definition) is 0. The van der Waals surface area contributed by atoms with Crippen LogP contribution in [0.3, 0.4) is 0 Å². The standard InChI is InChI=1S/C7H7.CH4.W/c1-7-5-3-2-4-6-7;;/h2-6H,1H2;1H4;/q-1;;. The van der Waals surface area contributed by atoms with Gasteiger partial charge < -0.3 is 0 Å². The minimum Gasteiger partial charge on any atom is -0.199 e. The predicted octanol–water partition coefficient (Wildman–Crippen LogP) is 2.50. The summed E-state index contributed by atoms with van der Waals surface area (Å²) in [5, 5.41) is 0. The number of rotatable bonds is 0. The molecule has 0 amide bonds. The largest absolute Gasteiger partial charge is 0.199 e. The fourth-order valence-corrected chi connectivity index (χ4v) is 0.478. The monoisotopic (exact) mass is 291 g/mol. The van der Waals surface area contributed by atoms with Gasteiger partial charge in [-0.1, -0.05) is 13.5 Å². The molecule has 0 aromatic heterocycles. The van der Waals surface area contributed by atoms with E-state index in [0.717, 1.165) is 5.56 Å². The Morgan fingerprint density at radius 3 is 1.67 bits per heavy atom. The first-order chi connectivity index (χ1) is 3.39. The van der Waals surface area contributed by atoms with E-state index in [2.05, 4.69) is 6.92 Å². The van der Waals surface area contributed by atoms with Gasteiger partial charge in [0.2, 0.25) is 0 Å². The Labute approximate surface area is 71.6 Å². The molecule has 1 aromatic rings. The van der Waals surface area contributed by atoms with Crippen LogP contribution >= 0.6 is 0 Å². The second-order valence-corrected chi connectivity index (χ2v) is 1.49. The van der Waals surface area contributed by atoms with E-state index in [4.69, 9.17) is 0 Å². The summed E-state index contributed by atoms with van der Waals surface area (Å²) in [5.41, 5.74) is 1.07. The quantitative estimate of drug-likeness (QED) is 0.644. The van der Waals surface area contributed by atoms with Crippen LogP contribution in [-0.2, 0) is 21.1 Å². The molecule has 9 heavy (non-hydrogen) atoms. The number of benzene rings is 1. The third-order valence-electron chi connectivity index (χ3n) is 0.843. The Morgan fingerprint density at radius 2 is 1.44 bits per heavy atom. The fraction of sp³-hybridized carbons (Fsp3) is 0.125. The number of hydrogen-bond acceptors (Lipinski definition) is 0. The van der Waals surface area contributed by atoms with Crippen LogP contribution in [0, 0.1) is 6.92 Å². The summed E-state index contributed by atoms with van der Waals surface area (Å²) in [4.78, 5) is 0. The molecule has 0 aliphatic rings. The molecule has 0 aliphatic heterocycles. The van der Waals surface area contributed by atoms with Crippen LogP contribution < -0.4 is 0 Å². The molecule has 0 spiro atoms. The van der Waals surface area contributed by atoms with Crippen LogP contribution in [0.2, 0.25) is 0 Å². The predicted molar refractivity (Wildman–Crippen MR) is 37.6 cm³/mol. The first kappa shape index (κ1) is 11.6. The second-order valence-electron chi connectivity index (χ2n) is 1.49. The topological polar surface area (TPSA) is 0 Å².